The second-order valence-electron chi connectivity index (χ2n) is 7.56. The van der Waals surface area contributed by atoms with Gasteiger partial charge in [0.05, 0.1) is 0 Å². The van der Waals surface area contributed by atoms with Crippen LogP contribution < -0.4 is 0 Å². The molecule has 146 valence electrons. The number of hydrogen-bond acceptors (Lipinski definition) is 2. The average molecular weight is 379 g/mol. The number of aromatic nitrogens is 1. The Hall–Kier alpha value is -2.66. The van der Waals surface area contributed by atoms with Gasteiger partial charge >= 0.3 is 0 Å². The summed E-state index contributed by atoms with van der Waals surface area (Å²) in [6, 6.07) is 15.3. The summed E-state index contributed by atoms with van der Waals surface area (Å²) in [6.45, 7) is 6.31. The first-order valence-electron chi connectivity index (χ1n) is 9.91. The van der Waals surface area contributed by atoms with Crippen LogP contribution in [0.5, 0.6) is 0 Å². The number of aromatic amines is 1. The van der Waals surface area contributed by atoms with Gasteiger partial charge in [-0.05, 0) is 42.7 Å². The molecule has 1 aliphatic rings. The van der Waals surface area contributed by atoms with E-state index in [4.69, 9.17) is 0 Å². The zero-order valence-electron chi connectivity index (χ0n) is 16.2. The molecule has 1 aromatic heterocycles. The molecular weight excluding hydrogens is 353 g/mol. The maximum absolute atomic E-state index is 13.4. The van der Waals surface area contributed by atoms with Crippen molar-refractivity contribution >= 4 is 16.8 Å². The lowest BCUT2D eigenvalue weighted by molar-refractivity contribution is -0.132. The van der Waals surface area contributed by atoms with Crippen molar-refractivity contribution in [3.05, 3.63) is 71.2 Å². The van der Waals surface area contributed by atoms with Crippen LogP contribution in [0.25, 0.3) is 10.9 Å². The summed E-state index contributed by atoms with van der Waals surface area (Å²) in [6.07, 6.45) is 1.17. The fraction of sp³-hybridized carbons (Fsp3) is 0.348. The molecule has 1 N–H and O–H groups in total. The Kier molecular flexibility index (Phi) is 5.44. The second-order valence-corrected chi connectivity index (χ2v) is 7.56. The molecule has 1 amide bonds. The number of fused-ring (bicyclic) bond motifs is 1. The molecule has 0 aliphatic carbocycles. The molecule has 0 spiro atoms. The van der Waals surface area contributed by atoms with E-state index in [-0.39, 0.29) is 11.7 Å². The first-order valence-corrected chi connectivity index (χ1v) is 9.91. The molecule has 0 bridgehead atoms. The minimum absolute atomic E-state index is 0.204. The van der Waals surface area contributed by atoms with E-state index in [9.17, 15) is 9.18 Å². The van der Waals surface area contributed by atoms with Gasteiger partial charge in [-0.15, -0.1) is 0 Å². The first kappa shape index (κ1) is 18.7. The van der Waals surface area contributed by atoms with E-state index in [0.29, 0.717) is 12.8 Å². The maximum Gasteiger partial charge on any atom is 0.222 e. The smallest absolute Gasteiger partial charge is 0.222 e. The third-order valence-electron chi connectivity index (χ3n) is 5.64. The molecule has 28 heavy (non-hydrogen) atoms. The molecule has 5 heteroatoms. The van der Waals surface area contributed by atoms with E-state index in [1.165, 1.54) is 17.7 Å². The number of benzene rings is 2. The predicted molar refractivity (Wildman–Crippen MR) is 110 cm³/mol. The van der Waals surface area contributed by atoms with Gasteiger partial charge in [-0.3, -0.25) is 9.69 Å². The molecule has 4 nitrogen and oxygen atoms in total. The van der Waals surface area contributed by atoms with E-state index in [1.54, 1.807) is 6.07 Å². The largest absolute Gasteiger partial charge is 0.358 e. The van der Waals surface area contributed by atoms with Crippen LogP contribution in [0.4, 0.5) is 4.39 Å². The molecule has 3 aromatic rings. The highest BCUT2D eigenvalue weighted by Gasteiger charge is 2.21. The highest BCUT2D eigenvalue weighted by atomic mass is 19.1. The number of nitrogens with one attached hydrogen (secondary N) is 1. The van der Waals surface area contributed by atoms with E-state index in [0.717, 1.165) is 54.9 Å². The normalized spacial score (nSPS) is 15.3. The summed E-state index contributed by atoms with van der Waals surface area (Å²) < 4.78 is 13.4. The zero-order valence-corrected chi connectivity index (χ0v) is 16.2. The number of carbonyl (C=O) groups excluding carboxylic acids is 1. The first-order chi connectivity index (χ1) is 13.6. The van der Waals surface area contributed by atoms with Crippen LogP contribution in [0.3, 0.4) is 0 Å². The Labute approximate surface area is 165 Å². The van der Waals surface area contributed by atoms with Crippen molar-refractivity contribution in [1.82, 2.24) is 14.8 Å². The number of carbonyl (C=O) groups is 1. The minimum Gasteiger partial charge on any atom is -0.358 e. The predicted octanol–water partition coefficient (Wildman–Crippen LogP) is 3.89. The van der Waals surface area contributed by atoms with Gasteiger partial charge in [-0.1, -0.05) is 30.3 Å². The molecule has 0 radical (unpaired) electrons. The Morgan fingerprint density at radius 1 is 1.07 bits per heavy atom. The number of H-pyrrole nitrogens is 1. The molecule has 0 unspecified atom stereocenters. The van der Waals surface area contributed by atoms with Crippen LogP contribution in [0.1, 0.15) is 23.2 Å². The summed E-state index contributed by atoms with van der Waals surface area (Å²) in [5.74, 6) is -0.0417. The summed E-state index contributed by atoms with van der Waals surface area (Å²) in [4.78, 5) is 20.3. The van der Waals surface area contributed by atoms with Crippen molar-refractivity contribution in [3.63, 3.8) is 0 Å². The standard InChI is InChI=1S/C23H26FN3O/c1-17-20(21-8-7-19(24)15-22(21)25-17)9-10-23(28)27-13-11-26(12-14-27)16-18-5-3-2-4-6-18/h2-8,15,25H,9-14,16H2,1H3. The van der Waals surface area contributed by atoms with E-state index < -0.39 is 0 Å². The summed E-state index contributed by atoms with van der Waals surface area (Å²) in [5.41, 5.74) is 4.25. The van der Waals surface area contributed by atoms with E-state index in [1.807, 2.05) is 17.9 Å². The second kappa shape index (κ2) is 8.15. The quantitative estimate of drug-likeness (QED) is 0.730. The summed E-state index contributed by atoms with van der Waals surface area (Å²) >= 11 is 0. The zero-order chi connectivity index (χ0) is 19.5. The Morgan fingerprint density at radius 2 is 1.82 bits per heavy atom. The van der Waals surface area contributed by atoms with Gasteiger partial charge in [0, 0.05) is 55.7 Å². The molecule has 1 saturated heterocycles. The van der Waals surface area contributed by atoms with Crippen molar-refractivity contribution in [2.75, 3.05) is 26.2 Å². The number of nitrogens with zero attached hydrogens (tertiary/aromatic N) is 2. The Bertz CT molecular complexity index is 959. The summed E-state index contributed by atoms with van der Waals surface area (Å²) in [7, 11) is 0. The SMILES string of the molecule is Cc1[nH]c2cc(F)ccc2c1CCC(=O)N1CCN(Cc2ccccc2)CC1. The van der Waals surface area contributed by atoms with Crippen LogP contribution in [0, 0.1) is 12.7 Å². The molecule has 0 atom stereocenters. The van der Waals surface area contributed by atoms with Gasteiger partial charge in [0.1, 0.15) is 5.82 Å². The van der Waals surface area contributed by atoms with Crippen LogP contribution in [-0.4, -0.2) is 46.9 Å². The van der Waals surface area contributed by atoms with Crippen molar-refractivity contribution < 1.29 is 9.18 Å². The lowest BCUT2D eigenvalue weighted by Gasteiger charge is -2.34. The molecule has 1 fully saturated rings. The van der Waals surface area contributed by atoms with Crippen LogP contribution in [0.2, 0.25) is 0 Å². The maximum atomic E-state index is 13.4. The number of amides is 1. The molecule has 2 aromatic carbocycles. The van der Waals surface area contributed by atoms with Crippen molar-refractivity contribution in [3.8, 4) is 0 Å². The number of aryl methyl sites for hydroxylation is 2. The highest BCUT2D eigenvalue weighted by Crippen LogP contribution is 2.24. The Balaban J connectivity index is 1.31. The van der Waals surface area contributed by atoms with Gasteiger partial charge in [0.25, 0.3) is 0 Å². The van der Waals surface area contributed by atoms with E-state index >= 15 is 0 Å². The van der Waals surface area contributed by atoms with Crippen LogP contribution in [0.15, 0.2) is 48.5 Å². The lowest BCUT2D eigenvalue weighted by atomic mass is 10.0. The molecule has 4 rings (SSSR count). The Morgan fingerprint density at radius 3 is 2.57 bits per heavy atom. The fourth-order valence-electron chi connectivity index (χ4n) is 4.07. The van der Waals surface area contributed by atoms with Crippen molar-refractivity contribution in [2.24, 2.45) is 0 Å². The molecular formula is C23H26FN3O. The minimum atomic E-state index is -0.246. The summed E-state index contributed by atoms with van der Waals surface area (Å²) in [5, 5.41) is 1.01. The number of piperazine rings is 1. The van der Waals surface area contributed by atoms with Gasteiger partial charge in [-0.25, -0.2) is 4.39 Å². The van der Waals surface area contributed by atoms with Gasteiger partial charge in [-0.2, -0.15) is 0 Å². The third-order valence-corrected chi connectivity index (χ3v) is 5.64. The van der Waals surface area contributed by atoms with Gasteiger partial charge < -0.3 is 9.88 Å². The topological polar surface area (TPSA) is 39.3 Å². The van der Waals surface area contributed by atoms with Gasteiger partial charge in [0.15, 0.2) is 0 Å². The molecule has 2 heterocycles. The average Bonchev–Trinajstić information content (AvgIpc) is 3.01. The van der Waals surface area contributed by atoms with Gasteiger partial charge in [0.2, 0.25) is 5.91 Å². The molecule has 1 aliphatic heterocycles. The third kappa shape index (κ3) is 4.09. The van der Waals surface area contributed by atoms with Crippen molar-refractivity contribution in [2.45, 2.75) is 26.3 Å². The van der Waals surface area contributed by atoms with Crippen LogP contribution >= 0.6 is 0 Å². The lowest BCUT2D eigenvalue weighted by Crippen LogP contribution is -2.48. The van der Waals surface area contributed by atoms with E-state index in [2.05, 4.69) is 34.1 Å². The van der Waals surface area contributed by atoms with Crippen LogP contribution in [-0.2, 0) is 17.8 Å². The number of rotatable bonds is 5. The monoisotopic (exact) mass is 379 g/mol. The molecule has 0 saturated carbocycles. The number of halogens is 1. The number of hydrogen-bond donors (Lipinski definition) is 1. The van der Waals surface area contributed by atoms with Crippen molar-refractivity contribution in [1.29, 1.82) is 0 Å². The fourth-order valence-corrected chi connectivity index (χ4v) is 4.07. The highest BCUT2D eigenvalue weighted by molar-refractivity contribution is 5.85.